The molecule has 0 aliphatic heterocycles. The SMILES string of the molecule is CCC(N)Cc1ccc(Sc2ncn[nH]2)c(C)c1. The van der Waals surface area contributed by atoms with Crippen LogP contribution >= 0.6 is 11.8 Å². The normalized spacial score (nSPS) is 12.6. The quantitative estimate of drug-likeness (QED) is 0.869. The first-order valence-corrected chi connectivity index (χ1v) is 6.89. The van der Waals surface area contributed by atoms with Crippen LogP contribution in [-0.4, -0.2) is 21.2 Å². The molecule has 0 bridgehead atoms. The van der Waals surface area contributed by atoms with Gasteiger partial charge in [-0.1, -0.05) is 30.8 Å². The van der Waals surface area contributed by atoms with Crippen LogP contribution in [0, 0.1) is 6.92 Å². The molecular weight excluding hydrogens is 244 g/mol. The summed E-state index contributed by atoms with van der Waals surface area (Å²) in [5.74, 6) is 0. The van der Waals surface area contributed by atoms with Crippen molar-refractivity contribution in [2.24, 2.45) is 5.73 Å². The van der Waals surface area contributed by atoms with Gasteiger partial charge in [0, 0.05) is 10.9 Å². The van der Waals surface area contributed by atoms with Crippen molar-refractivity contribution in [3.8, 4) is 0 Å². The van der Waals surface area contributed by atoms with E-state index >= 15 is 0 Å². The summed E-state index contributed by atoms with van der Waals surface area (Å²) in [4.78, 5) is 5.31. The molecule has 5 heteroatoms. The minimum atomic E-state index is 0.247. The van der Waals surface area contributed by atoms with E-state index in [0.717, 1.165) is 18.0 Å². The van der Waals surface area contributed by atoms with E-state index in [1.165, 1.54) is 22.3 Å². The molecule has 1 atom stereocenters. The van der Waals surface area contributed by atoms with Crippen LogP contribution in [0.25, 0.3) is 0 Å². The molecule has 1 unspecified atom stereocenters. The number of aromatic nitrogens is 3. The van der Waals surface area contributed by atoms with Crippen LogP contribution in [0.4, 0.5) is 0 Å². The summed E-state index contributed by atoms with van der Waals surface area (Å²) in [6, 6.07) is 6.72. The molecule has 96 valence electrons. The molecule has 2 aromatic rings. The molecule has 18 heavy (non-hydrogen) atoms. The fourth-order valence-corrected chi connectivity index (χ4v) is 2.51. The maximum absolute atomic E-state index is 5.97. The van der Waals surface area contributed by atoms with Crippen LogP contribution in [0.5, 0.6) is 0 Å². The van der Waals surface area contributed by atoms with Crippen molar-refractivity contribution in [1.29, 1.82) is 0 Å². The highest BCUT2D eigenvalue weighted by Crippen LogP contribution is 2.28. The molecule has 3 N–H and O–H groups in total. The molecule has 0 spiro atoms. The number of nitrogens with one attached hydrogen (secondary N) is 1. The number of benzene rings is 1. The van der Waals surface area contributed by atoms with E-state index in [9.17, 15) is 0 Å². The molecular formula is C13H18N4S. The zero-order chi connectivity index (χ0) is 13.0. The first kappa shape index (κ1) is 13.1. The van der Waals surface area contributed by atoms with E-state index < -0.39 is 0 Å². The summed E-state index contributed by atoms with van der Waals surface area (Å²) in [5, 5.41) is 7.51. The zero-order valence-electron chi connectivity index (χ0n) is 10.7. The van der Waals surface area contributed by atoms with Crippen molar-refractivity contribution in [2.75, 3.05) is 0 Å². The second-order valence-corrected chi connectivity index (χ2v) is 5.40. The molecule has 0 amide bonds. The maximum atomic E-state index is 5.97. The van der Waals surface area contributed by atoms with Crippen molar-refractivity contribution in [3.05, 3.63) is 35.7 Å². The monoisotopic (exact) mass is 262 g/mol. The summed E-state index contributed by atoms with van der Waals surface area (Å²) in [6.45, 7) is 4.23. The topological polar surface area (TPSA) is 67.6 Å². The molecule has 0 saturated heterocycles. The summed E-state index contributed by atoms with van der Waals surface area (Å²) in [5.41, 5.74) is 8.52. The van der Waals surface area contributed by atoms with Crippen LogP contribution in [-0.2, 0) is 6.42 Å². The third kappa shape index (κ3) is 3.34. The summed E-state index contributed by atoms with van der Waals surface area (Å²) >= 11 is 1.59. The van der Waals surface area contributed by atoms with Gasteiger partial charge < -0.3 is 5.73 Å². The Labute approximate surface area is 111 Å². The maximum Gasteiger partial charge on any atom is 0.188 e. The van der Waals surface area contributed by atoms with Gasteiger partial charge in [-0.3, -0.25) is 5.10 Å². The number of hydrogen-bond donors (Lipinski definition) is 2. The fourth-order valence-electron chi connectivity index (χ4n) is 1.75. The predicted octanol–water partition coefficient (Wildman–Crippen LogP) is 2.54. The molecule has 1 heterocycles. The summed E-state index contributed by atoms with van der Waals surface area (Å²) in [6.07, 6.45) is 3.46. The Morgan fingerprint density at radius 2 is 2.28 bits per heavy atom. The lowest BCUT2D eigenvalue weighted by Gasteiger charge is -2.11. The molecule has 0 aliphatic rings. The van der Waals surface area contributed by atoms with Gasteiger partial charge in [-0.05, 0) is 37.0 Å². The van der Waals surface area contributed by atoms with Gasteiger partial charge in [-0.25, -0.2) is 4.98 Å². The van der Waals surface area contributed by atoms with Crippen LogP contribution in [0.15, 0.2) is 34.6 Å². The largest absolute Gasteiger partial charge is 0.327 e. The lowest BCUT2D eigenvalue weighted by atomic mass is 10.0. The first-order chi connectivity index (χ1) is 8.69. The van der Waals surface area contributed by atoms with Gasteiger partial charge in [0.15, 0.2) is 5.16 Å². The second kappa shape index (κ2) is 6.02. The third-order valence-electron chi connectivity index (χ3n) is 2.86. The second-order valence-electron chi connectivity index (χ2n) is 4.36. The van der Waals surface area contributed by atoms with Gasteiger partial charge in [0.2, 0.25) is 0 Å². The van der Waals surface area contributed by atoms with E-state index in [0.29, 0.717) is 0 Å². The molecule has 0 fully saturated rings. The standard InChI is InChI=1S/C13H18N4S/c1-3-11(14)7-10-4-5-12(9(2)6-10)18-13-15-8-16-17-13/h4-6,8,11H,3,7,14H2,1-2H3,(H,15,16,17). The number of hydrogen-bond acceptors (Lipinski definition) is 4. The smallest absolute Gasteiger partial charge is 0.188 e. The number of aromatic amines is 1. The fraction of sp³-hybridized carbons (Fsp3) is 0.385. The highest BCUT2D eigenvalue weighted by atomic mass is 32.2. The van der Waals surface area contributed by atoms with E-state index in [4.69, 9.17) is 5.73 Å². The predicted molar refractivity (Wildman–Crippen MR) is 73.7 cm³/mol. The molecule has 1 aromatic heterocycles. The highest BCUT2D eigenvalue weighted by Gasteiger charge is 2.06. The van der Waals surface area contributed by atoms with Gasteiger partial charge in [-0.2, -0.15) is 5.10 Å². The first-order valence-electron chi connectivity index (χ1n) is 6.07. The average molecular weight is 262 g/mol. The zero-order valence-corrected chi connectivity index (χ0v) is 11.5. The lowest BCUT2D eigenvalue weighted by molar-refractivity contribution is 0.646. The van der Waals surface area contributed by atoms with Gasteiger partial charge in [0.25, 0.3) is 0 Å². The highest BCUT2D eigenvalue weighted by molar-refractivity contribution is 7.99. The van der Waals surface area contributed by atoms with Crippen molar-refractivity contribution >= 4 is 11.8 Å². The van der Waals surface area contributed by atoms with Crippen molar-refractivity contribution in [1.82, 2.24) is 15.2 Å². The molecule has 0 aliphatic carbocycles. The Morgan fingerprint density at radius 1 is 1.44 bits per heavy atom. The minimum Gasteiger partial charge on any atom is -0.327 e. The lowest BCUT2D eigenvalue weighted by Crippen LogP contribution is -2.21. The molecule has 2 rings (SSSR count). The van der Waals surface area contributed by atoms with Gasteiger partial charge in [-0.15, -0.1) is 0 Å². The third-order valence-corrected chi connectivity index (χ3v) is 3.93. The van der Waals surface area contributed by atoms with Crippen molar-refractivity contribution in [2.45, 2.75) is 42.8 Å². The van der Waals surface area contributed by atoms with E-state index in [-0.39, 0.29) is 6.04 Å². The van der Waals surface area contributed by atoms with E-state index in [1.807, 2.05) is 0 Å². The Balaban J connectivity index is 2.10. The summed E-state index contributed by atoms with van der Waals surface area (Å²) in [7, 11) is 0. The molecule has 0 radical (unpaired) electrons. The molecule has 1 aromatic carbocycles. The van der Waals surface area contributed by atoms with Gasteiger partial charge >= 0.3 is 0 Å². The average Bonchev–Trinajstić information content (AvgIpc) is 2.85. The number of H-pyrrole nitrogens is 1. The number of rotatable bonds is 5. The number of nitrogens with two attached hydrogens (primary N) is 1. The molecule has 4 nitrogen and oxygen atoms in total. The van der Waals surface area contributed by atoms with E-state index in [2.05, 4.69) is 47.2 Å². The number of aryl methyl sites for hydroxylation is 1. The minimum absolute atomic E-state index is 0.247. The number of nitrogens with zero attached hydrogens (tertiary/aromatic N) is 2. The van der Waals surface area contributed by atoms with Crippen molar-refractivity contribution in [3.63, 3.8) is 0 Å². The van der Waals surface area contributed by atoms with Gasteiger partial charge in [0.1, 0.15) is 6.33 Å². The summed E-state index contributed by atoms with van der Waals surface area (Å²) < 4.78 is 0. The van der Waals surface area contributed by atoms with Crippen molar-refractivity contribution < 1.29 is 0 Å². The Kier molecular flexibility index (Phi) is 4.38. The van der Waals surface area contributed by atoms with Crippen LogP contribution in [0.2, 0.25) is 0 Å². The van der Waals surface area contributed by atoms with Gasteiger partial charge in [0.05, 0.1) is 0 Å². The Bertz CT molecular complexity index is 496. The van der Waals surface area contributed by atoms with Crippen LogP contribution in [0.3, 0.4) is 0 Å². The molecule has 0 saturated carbocycles. The van der Waals surface area contributed by atoms with E-state index in [1.54, 1.807) is 11.8 Å². The van der Waals surface area contributed by atoms with Crippen LogP contribution in [0.1, 0.15) is 24.5 Å². The Hall–Kier alpha value is -1.33. The Morgan fingerprint density at radius 3 is 2.89 bits per heavy atom. The van der Waals surface area contributed by atoms with Crippen LogP contribution < -0.4 is 5.73 Å².